The molecule has 0 aromatic heterocycles. The topological polar surface area (TPSA) is 75.2 Å². The van der Waals surface area contributed by atoms with Crippen molar-refractivity contribution in [3.05, 3.63) is 29.8 Å². The molecule has 2 atom stereocenters. The number of hydrogen-bond acceptors (Lipinski definition) is 4. The number of rotatable bonds is 9. The lowest BCUT2D eigenvalue weighted by molar-refractivity contribution is -0.127. The molecule has 30 heavy (non-hydrogen) atoms. The van der Waals surface area contributed by atoms with Crippen molar-refractivity contribution in [3.63, 3.8) is 0 Å². The predicted octanol–water partition coefficient (Wildman–Crippen LogP) is 2.97. The highest BCUT2D eigenvalue weighted by atomic mass is 16.5. The van der Waals surface area contributed by atoms with E-state index in [0.29, 0.717) is 25.0 Å². The Hall–Kier alpha value is -2.28. The lowest BCUT2D eigenvalue weighted by Crippen LogP contribution is -2.44. The molecule has 0 aliphatic carbocycles. The number of nitrogens with one attached hydrogen (secondary N) is 2. The molecule has 0 radical (unpaired) electrons. The van der Waals surface area contributed by atoms with Crippen LogP contribution in [-0.4, -0.2) is 63.3 Å². The molecule has 1 amide bonds. The highest BCUT2D eigenvalue weighted by molar-refractivity contribution is 5.85. The summed E-state index contributed by atoms with van der Waals surface area (Å²) in [6, 6.07) is 8.12. The molecule has 1 aromatic carbocycles. The summed E-state index contributed by atoms with van der Waals surface area (Å²) in [6.07, 6.45) is 3.54. The van der Waals surface area contributed by atoms with E-state index >= 15 is 0 Å². The van der Waals surface area contributed by atoms with Gasteiger partial charge in [0.15, 0.2) is 5.96 Å². The molecule has 0 bridgehead atoms. The van der Waals surface area contributed by atoms with Crippen LogP contribution in [0.5, 0.6) is 5.75 Å². The van der Waals surface area contributed by atoms with Gasteiger partial charge in [0, 0.05) is 27.2 Å². The molecule has 7 heteroatoms. The van der Waals surface area contributed by atoms with Gasteiger partial charge in [-0.2, -0.15) is 0 Å². The molecular formula is C23H38N4O3. The van der Waals surface area contributed by atoms with Crippen LogP contribution in [0.1, 0.15) is 51.6 Å². The fraction of sp³-hybridized carbons (Fsp3) is 0.652. The Bertz CT molecular complexity index is 668. The van der Waals surface area contributed by atoms with Crippen molar-refractivity contribution in [2.45, 2.75) is 52.2 Å². The van der Waals surface area contributed by atoms with E-state index in [0.717, 1.165) is 30.8 Å². The van der Waals surface area contributed by atoms with Crippen LogP contribution in [0.4, 0.5) is 0 Å². The first-order valence-corrected chi connectivity index (χ1v) is 10.9. The first-order chi connectivity index (χ1) is 14.3. The van der Waals surface area contributed by atoms with Gasteiger partial charge in [0.05, 0.1) is 18.8 Å². The zero-order valence-corrected chi connectivity index (χ0v) is 19.1. The summed E-state index contributed by atoms with van der Waals surface area (Å²) in [5.74, 6) is 1.95. The van der Waals surface area contributed by atoms with Crippen LogP contribution in [0.3, 0.4) is 0 Å². The van der Waals surface area contributed by atoms with E-state index in [-0.39, 0.29) is 24.6 Å². The number of likely N-dealkylation sites (N-methyl/N-ethyl adjacent to an activating group) is 1. The van der Waals surface area contributed by atoms with Crippen molar-refractivity contribution in [2.24, 2.45) is 10.9 Å². The van der Waals surface area contributed by atoms with Crippen molar-refractivity contribution < 1.29 is 14.3 Å². The van der Waals surface area contributed by atoms with Gasteiger partial charge >= 0.3 is 0 Å². The molecule has 0 saturated carbocycles. The summed E-state index contributed by atoms with van der Waals surface area (Å²) in [5.41, 5.74) is 1.12. The number of carbonyl (C=O) groups is 1. The molecule has 2 unspecified atom stereocenters. The van der Waals surface area contributed by atoms with Gasteiger partial charge in [0.2, 0.25) is 5.91 Å². The average molecular weight is 419 g/mol. The van der Waals surface area contributed by atoms with Crippen molar-refractivity contribution in [3.8, 4) is 5.75 Å². The van der Waals surface area contributed by atoms with E-state index in [1.165, 1.54) is 6.42 Å². The summed E-state index contributed by atoms with van der Waals surface area (Å²) in [7, 11) is 3.47. The Kier molecular flexibility index (Phi) is 9.94. The van der Waals surface area contributed by atoms with Crippen LogP contribution in [0.2, 0.25) is 0 Å². The summed E-state index contributed by atoms with van der Waals surface area (Å²) in [6.45, 7) is 8.64. The summed E-state index contributed by atoms with van der Waals surface area (Å²) in [5, 5.41) is 6.76. The lowest BCUT2D eigenvalue weighted by Gasteiger charge is -2.25. The summed E-state index contributed by atoms with van der Waals surface area (Å²) >= 11 is 0. The van der Waals surface area contributed by atoms with Crippen LogP contribution in [-0.2, 0) is 9.53 Å². The maximum atomic E-state index is 12.0. The minimum Gasteiger partial charge on any atom is -0.493 e. The van der Waals surface area contributed by atoms with Gasteiger partial charge in [0.1, 0.15) is 12.3 Å². The second kappa shape index (κ2) is 12.4. The molecule has 2 rings (SSSR count). The van der Waals surface area contributed by atoms with E-state index in [4.69, 9.17) is 9.47 Å². The molecule has 1 aliphatic rings. The van der Waals surface area contributed by atoms with Gasteiger partial charge in [-0.05, 0) is 49.8 Å². The number of hydrogen-bond donors (Lipinski definition) is 2. The van der Waals surface area contributed by atoms with Gasteiger partial charge in [-0.15, -0.1) is 0 Å². The second-order valence-corrected chi connectivity index (χ2v) is 8.46. The van der Waals surface area contributed by atoms with E-state index in [1.807, 2.05) is 12.1 Å². The fourth-order valence-electron chi connectivity index (χ4n) is 3.02. The molecule has 7 nitrogen and oxygen atoms in total. The molecular weight excluding hydrogens is 380 g/mol. The number of guanidine groups is 1. The number of ether oxygens (including phenoxy) is 2. The maximum absolute atomic E-state index is 12.0. The zero-order chi connectivity index (χ0) is 21.9. The Morgan fingerprint density at radius 1 is 1.23 bits per heavy atom. The Labute approximate surface area is 181 Å². The van der Waals surface area contributed by atoms with Gasteiger partial charge in [0.25, 0.3) is 0 Å². The zero-order valence-electron chi connectivity index (χ0n) is 19.1. The number of benzene rings is 1. The third kappa shape index (κ3) is 8.61. The summed E-state index contributed by atoms with van der Waals surface area (Å²) in [4.78, 5) is 18.0. The second-order valence-electron chi connectivity index (χ2n) is 8.46. The molecule has 1 fully saturated rings. The van der Waals surface area contributed by atoms with Crippen LogP contribution in [0, 0.1) is 5.92 Å². The van der Waals surface area contributed by atoms with E-state index in [2.05, 4.69) is 48.5 Å². The van der Waals surface area contributed by atoms with Crippen molar-refractivity contribution >= 4 is 11.9 Å². The molecule has 1 aliphatic heterocycles. The number of nitrogens with zero attached hydrogens (tertiary/aromatic N) is 2. The Balaban J connectivity index is 1.97. The third-order valence-electron chi connectivity index (χ3n) is 4.96. The van der Waals surface area contributed by atoms with Crippen LogP contribution in [0.15, 0.2) is 29.3 Å². The normalized spacial score (nSPS) is 18.1. The molecule has 1 heterocycles. The lowest BCUT2D eigenvalue weighted by atomic mass is 10.1. The van der Waals surface area contributed by atoms with Crippen molar-refractivity contribution in [2.75, 3.05) is 40.4 Å². The first kappa shape index (κ1) is 24.0. The van der Waals surface area contributed by atoms with Crippen molar-refractivity contribution in [1.29, 1.82) is 0 Å². The predicted molar refractivity (Wildman–Crippen MR) is 121 cm³/mol. The smallest absolute Gasteiger partial charge is 0.243 e. The van der Waals surface area contributed by atoms with E-state index in [9.17, 15) is 4.79 Å². The highest BCUT2D eigenvalue weighted by Gasteiger charge is 2.16. The number of aliphatic imine (C=N–C) groups is 1. The van der Waals surface area contributed by atoms with Crippen LogP contribution >= 0.6 is 0 Å². The SMILES string of the molecule is CC(C)COc1ccc(C(C)NC(=NCC(=O)N(C)C)NCC2CCCCO2)cc1. The van der Waals surface area contributed by atoms with Gasteiger partial charge in [-0.1, -0.05) is 26.0 Å². The van der Waals surface area contributed by atoms with Crippen LogP contribution in [0.25, 0.3) is 0 Å². The van der Waals surface area contributed by atoms with Crippen molar-refractivity contribution in [1.82, 2.24) is 15.5 Å². The quantitative estimate of drug-likeness (QED) is 0.476. The van der Waals surface area contributed by atoms with E-state index in [1.54, 1.807) is 19.0 Å². The third-order valence-corrected chi connectivity index (χ3v) is 4.96. The molecule has 168 valence electrons. The highest BCUT2D eigenvalue weighted by Crippen LogP contribution is 2.18. The number of amides is 1. The fourth-order valence-corrected chi connectivity index (χ4v) is 3.02. The van der Waals surface area contributed by atoms with Crippen LogP contribution < -0.4 is 15.4 Å². The van der Waals surface area contributed by atoms with Gasteiger partial charge < -0.3 is 25.0 Å². The maximum Gasteiger partial charge on any atom is 0.243 e. The minimum absolute atomic E-state index is 0.0251. The average Bonchev–Trinajstić information content (AvgIpc) is 2.74. The molecule has 1 saturated heterocycles. The monoisotopic (exact) mass is 418 g/mol. The number of carbonyl (C=O) groups excluding carboxylic acids is 1. The van der Waals surface area contributed by atoms with Gasteiger partial charge in [-0.25, -0.2) is 4.99 Å². The molecule has 2 N–H and O–H groups in total. The Morgan fingerprint density at radius 3 is 2.57 bits per heavy atom. The molecule has 0 spiro atoms. The largest absolute Gasteiger partial charge is 0.493 e. The van der Waals surface area contributed by atoms with E-state index < -0.39 is 0 Å². The standard InChI is InChI=1S/C23H38N4O3/c1-17(2)16-30-20-11-9-19(10-12-20)18(3)26-23(25-15-22(28)27(4)5)24-14-21-8-6-7-13-29-21/h9-12,17-18,21H,6-8,13-16H2,1-5H3,(H2,24,25,26). The summed E-state index contributed by atoms with van der Waals surface area (Å²) < 4.78 is 11.6. The minimum atomic E-state index is -0.0377. The molecule has 1 aromatic rings. The van der Waals surface area contributed by atoms with Gasteiger partial charge in [-0.3, -0.25) is 4.79 Å². The Morgan fingerprint density at radius 2 is 1.97 bits per heavy atom. The first-order valence-electron chi connectivity index (χ1n) is 10.9.